The minimum absolute atomic E-state index is 0.220. The predicted molar refractivity (Wildman–Crippen MR) is 79.5 cm³/mol. The summed E-state index contributed by atoms with van der Waals surface area (Å²) in [5, 5.41) is 9.73. The standard InChI is InChI=1S/C16H11ClN2O/c1-10-6-14-7-12(11-2-4-13(17)5-3-11)9-19(14)16(20)15(10)8-18/h2-7H,9H2,1H3. The van der Waals surface area contributed by atoms with Gasteiger partial charge >= 0.3 is 0 Å². The zero-order valence-corrected chi connectivity index (χ0v) is 11.6. The topological polar surface area (TPSA) is 45.8 Å². The van der Waals surface area contributed by atoms with Gasteiger partial charge in [0.15, 0.2) is 0 Å². The van der Waals surface area contributed by atoms with Crippen LogP contribution in [0.4, 0.5) is 0 Å². The smallest absolute Gasteiger partial charge is 0.269 e. The van der Waals surface area contributed by atoms with Crippen LogP contribution in [0.2, 0.25) is 5.02 Å². The molecule has 0 N–H and O–H groups in total. The molecule has 3 rings (SSSR count). The van der Waals surface area contributed by atoms with Crippen LogP contribution in [0.25, 0.3) is 11.6 Å². The lowest BCUT2D eigenvalue weighted by Gasteiger charge is -2.06. The molecule has 1 aliphatic rings. The van der Waals surface area contributed by atoms with E-state index in [0.717, 1.165) is 22.4 Å². The molecular weight excluding hydrogens is 272 g/mol. The molecule has 4 heteroatoms. The predicted octanol–water partition coefficient (Wildman–Crippen LogP) is 3.24. The van der Waals surface area contributed by atoms with Gasteiger partial charge in [0.2, 0.25) is 0 Å². The van der Waals surface area contributed by atoms with Crippen molar-refractivity contribution in [1.82, 2.24) is 4.57 Å². The third-order valence-electron chi connectivity index (χ3n) is 3.51. The van der Waals surface area contributed by atoms with Crippen LogP contribution in [-0.2, 0) is 6.54 Å². The van der Waals surface area contributed by atoms with Crippen molar-refractivity contribution in [2.24, 2.45) is 0 Å². The van der Waals surface area contributed by atoms with Gasteiger partial charge in [-0.15, -0.1) is 0 Å². The molecule has 3 nitrogen and oxygen atoms in total. The van der Waals surface area contributed by atoms with Gasteiger partial charge in [0.1, 0.15) is 11.6 Å². The van der Waals surface area contributed by atoms with Crippen molar-refractivity contribution in [3.05, 3.63) is 68.1 Å². The number of fused-ring (bicyclic) bond motifs is 1. The molecule has 0 spiro atoms. The molecule has 0 fully saturated rings. The lowest BCUT2D eigenvalue weighted by Crippen LogP contribution is -2.23. The van der Waals surface area contributed by atoms with Crippen LogP contribution in [0.3, 0.4) is 0 Å². The molecule has 0 bridgehead atoms. The number of allylic oxidation sites excluding steroid dienone is 1. The third-order valence-corrected chi connectivity index (χ3v) is 3.76. The number of pyridine rings is 1. The molecule has 0 radical (unpaired) electrons. The Morgan fingerprint density at radius 2 is 2.00 bits per heavy atom. The van der Waals surface area contributed by atoms with E-state index in [0.29, 0.717) is 11.6 Å². The van der Waals surface area contributed by atoms with E-state index in [2.05, 4.69) is 0 Å². The minimum atomic E-state index is -0.220. The van der Waals surface area contributed by atoms with Crippen LogP contribution >= 0.6 is 11.6 Å². The Kier molecular flexibility index (Phi) is 2.96. The Bertz CT molecular complexity index is 823. The second kappa shape index (κ2) is 4.66. The maximum atomic E-state index is 12.2. The first-order valence-corrected chi connectivity index (χ1v) is 6.59. The average Bonchev–Trinajstić information content (AvgIpc) is 2.84. The molecule has 0 unspecified atom stereocenters. The molecule has 2 aromatic rings. The summed E-state index contributed by atoms with van der Waals surface area (Å²) < 4.78 is 1.63. The van der Waals surface area contributed by atoms with Gasteiger partial charge in [-0.3, -0.25) is 4.79 Å². The van der Waals surface area contributed by atoms with Gasteiger partial charge in [0, 0.05) is 10.7 Å². The first kappa shape index (κ1) is 12.7. The van der Waals surface area contributed by atoms with E-state index in [9.17, 15) is 4.79 Å². The quantitative estimate of drug-likeness (QED) is 0.806. The fourth-order valence-corrected chi connectivity index (χ4v) is 2.57. The van der Waals surface area contributed by atoms with Crippen molar-refractivity contribution >= 4 is 23.3 Å². The van der Waals surface area contributed by atoms with Crippen molar-refractivity contribution in [2.75, 3.05) is 0 Å². The Balaban J connectivity index is 2.08. The number of halogens is 1. The lowest BCUT2D eigenvalue weighted by atomic mass is 10.1. The zero-order chi connectivity index (χ0) is 14.3. The number of nitriles is 1. The van der Waals surface area contributed by atoms with Crippen molar-refractivity contribution in [2.45, 2.75) is 13.5 Å². The van der Waals surface area contributed by atoms with Crippen molar-refractivity contribution in [3.8, 4) is 6.07 Å². The van der Waals surface area contributed by atoms with Gasteiger partial charge in [-0.1, -0.05) is 23.7 Å². The number of nitrogens with zero attached hydrogens (tertiary/aromatic N) is 2. The Morgan fingerprint density at radius 1 is 1.30 bits per heavy atom. The van der Waals surface area contributed by atoms with Crippen molar-refractivity contribution in [1.29, 1.82) is 5.26 Å². The molecule has 0 saturated heterocycles. The second-order valence-electron chi connectivity index (χ2n) is 4.81. The molecule has 2 heterocycles. The number of aromatic nitrogens is 1. The molecule has 0 atom stereocenters. The summed E-state index contributed by atoms with van der Waals surface area (Å²) in [6, 6.07) is 11.4. The summed E-state index contributed by atoms with van der Waals surface area (Å²) >= 11 is 5.88. The van der Waals surface area contributed by atoms with E-state index in [-0.39, 0.29) is 11.1 Å². The van der Waals surface area contributed by atoms with Crippen LogP contribution in [-0.4, -0.2) is 4.57 Å². The minimum Gasteiger partial charge on any atom is -0.303 e. The van der Waals surface area contributed by atoms with E-state index in [1.165, 1.54) is 0 Å². The molecule has 1 aromatic carbocycles. The maximum absolute atomic E-state index is 12.2. The SMILES string of the molecule is Cc1cc2n(c(=O)c1C#N)CC(c1ccc(Cl)cc1)=C2. The first-order chi connectivity index (χ1) is 9.60. The fourth-order valence-electron chi connectivity index (χ4n) is 2.44. The van der Waals surface area contributed by atoms with Crippen molar-refractivity contribution < 1.29 is 0 Å². The Hall–Kier alpha value is -2.31. The monoisotopic (exact) mass is 282 g/mol. The van der Waals surface area contributed by atoms with E-state index in [1.54, 1.807) is 11.5 Å². The highest BCUT2D eigenvalue weighted by Crippen LogP contribution is 2.27. The summed E-state index contributed by atoms with van der Waals surface area (Å²) in [6.45, 7) is 2.28. The molecule has 0 saturated carbocycles. The summed E-state index contributed by atoms with van der Waals surface area (Å²) in [4.78, 5) is 12.2. The van der Waals surface area contributed by atoms with Gasteiger partial charge in [-0.2, -0.15) is 5.26 Å². The zero-order valence-electron chi connectivity index (χ0n) is 10.9. The average molecular weight is 283 g/mol. The van der Waals surface area contributed by atoms with Gasteiger partial charge in [0.25, 0.3) is 5.56 Å². The first-order valence-electron chi connectivity index (χ1n) is 6.21. The Morgan fingerprint density at radius 3 is 2.65 bits per heavy atom. The highest BCUT2D eigenvalue weighted by atomic mass is 35.5. The summed E-state index contributed by atoms with van der Waals surface area (Å²) in [7, 11) is 0. The van der Waals surface area contributed by atoms with Crippen LogP contribution in [0.1, 0.15) is 22.4 Å². The van der Waals surface area contributed by atoms with Crippen LogP contribution in [0.5, 0.6) is 0 Å². The summed E-state index contributed by atoms with van der Waals surface area (Å²) in [6.07, 6.45) is 1.98. The number of rotatable bonds is 1. The van der Waals surface area contributed by atoms with E-state index >= 15 is 0 Å². The van der Waals surface area contributed by atoms with Gasteiger partial charge in [0.05, 0.1) is 6.54 Å². The lowest BCUT2D eigenvalue weighted by molar-refractivity contribution is 0.796. The van der Waals surface area contributed by atoms with Crippen LogP contribution in [0, 0.1) is 18.3 Å². The van der Waals surface area contributed by atoms with Crippen LogP contribution < -0.4 is 5.56 Å². The van der Waals surface area contributed by atoms with E-state index in [4.69, 9.17) is 16.9 Å². The number of hydrogen-bond donors (Lipinski definition) is 0. The summed E-state index contributed by atoms with van der Waals surface area (Å²) in [5.74, 6) is 0. The molecule has 1 aromatic heterocycles. The van der Waals surface area contributed by atoms with E-state index < -0.39 is 0 Å². The summed E-state index contributed by atoms with van der Waals surface area (Å²) in [5.41, 5.74) is 3.65. The fraction of sp³-hybridized carbons (Fsp3) is 0.125. The largest absolute Gasteiger partial charge is 0.303 e. The van der Waals surface area contributed by atoms with Gasteiger partial charge in [-0.05, 0) is 47.9 Å². The second-order valence-corrected chi connectivity index (χ2v) is 5.24. The molecule has 98 valence electrons. The number of hydrogen-bond acceptors (Lipinski definition) is 2. The van der Waals surface area contributed by atoms with Crippen LogP contribution in [0.15, 0.2) is 35.1 Å². The Labute approximate surface area is 121 Å². The molecule has 0 aliphatic carbocycles. The van der Waals surface area contributed by atoms with Gasteiger partial charge < -0.3 is 4.57 Å². The maximum Gasteiger partial charge on any atom is 0.269 e. The van der Waals surface area contributed by atoms with E-state index in [1.807, 2.05) is 42.5 Å². The normalized spacial score (nSPS) is 12.8. The number of benzene rings is 1. The highest BCUT2D eigenvalue weighted by Gasteiger charge is 2.18. The van der Waals surface area contributed by atoms with Gasteiger partial charge in [-0.25, -0.2) is 0 Å². The highest BCUT2D eigenvalue weighted by molar-refractivity contribution is 6.30. The van der Waals surface area contributed by atoms with Crippen molar-refractivity contribution in [3.63, 3.8) is 0 Å². The molecule has 0 amide bonds. The molecule has 1 aliphatic heterocycles. The third kappa shape index (κ3) is 1.95. The number of aryl methyl sites for hydroxylation is 1. The molecule has 20 heavy (non-hydrogen) atoms. The molecular formula is C16H11ClN2O.